The summed E-state index contributed by atoms with van der Waals surface area (Å²) in [7, 11) is -11.5. The largest absolute Gasteiger partial charge is 0.480 e. The molecule has 45 heteroatoms. The normalized spacial score (nSPS) is 11.5. The fourth-order valence-electron chi connectivity index (χ4n) is 11.9. The Morgan fingerprint density at radius 2 is 0.662 bits per heavy atom. The van der Waals surface area contributed by atoms with Crippen LogP contribution < -0.4 is 37.8 Å². The number of fused-ring (bicyclic) bond motifs is 4. The van der Waals surface area contributed by atoms with Crippen LogP contribution in [0.4, 0.5) is 49.1 Å². The summed E-state index contributed by atoms with van der Waals surface area (Å²) in [6, 6.07) is 32.9. The minimum atomic E-state index is -4.44. The molecule has 0 fully saturated rings. The molecule has 5 N–H and O–H groups in total. The van der Waals surface area contributed by atoms with Gasteiger partial charge in [-0.1, -0.05) is 51.4 Å². The molecule has 0 saturated heterocycles. The lowest BCUT2D eigenvalue weighted by molar-refractivity contribution is 0.143. The third-order valence-corrected chi connectivity index (χ3v) is 23.8. The summed E-state index contributed by atoms with van der Waals surface area (Å²) in [6.07, 6.45) is 9.01. The molecule has 0 spiro atoms. The maximum atomic E-state index is 14.1. The van der Waals surface area contributed by atoms with Gasteiger partial charge in [-0.25, -0.2) is 98.9 Å². The van der Waals surface area contributed by atoms with Crippen molar-refractivity contribution in [1.82, 2.24) is 88.8 Å². The molecule has 0 saturated carbocycles. The number of hydrogen-bond donors (Lipinski definition) is 5. The molecule has 35 nitrogen and oxygen atoms in total. The highest BCUT2D eigenvalue weighted by atomic mass is 32.2. The van der Waals surface area contributed by atoms with Crippen molar-refractivity contribution < 1.29 is 84.1 Å². The number of aliphatic hydroxyl groups is 1. The van der Waals surface area contributed by atoms with Crippen LogP contribution in [-0.4, -0.2) is 162 Å². The number of sulfonamides is 4. The van der Waals surface area contributed by atoms with E-state index in [-0.39, 0.29) is 73.3 Å². The summed E-state index contributed by atoms with van der Waals surface area (Å²) >= 11 is 0. The first-order chi connectivity index (χ1) is 64.5. The zero-order valence-corrected chi connectivity index (χ0v) is 77.2. The Labute approximate surface area is 774 Å². The molecule has 0 bridgehead atoms. The predicted molar refractivity (Wildman–Crippen MR) is 488 cm³/mol. The van der Waals surface area contributed by atoms with Crippen molar-refractivity contribution in [1.29, 1.82) is 0 Å². The van der Waals surface area contributed by atoms with Crippen molar-refractivity contribution in [3.05, 3.63) is 253 Å². The molecule has 0 amide bonds. The molecule has 136 heavy (non-hydrogen) atoms. The molecule has 12 heterocycles. The molecule has 4 aromatic carbocycles. The number of benzene rings is 4. The monoisotopic (exact) mass is 1930 g/mol. The van der Waals surface area contributed by atoms with Crippen LogP contribution in [0.5, 0.6) is 23.5 Å². The fourth-order valence-corrected chi connectivity index (χ4v) is 16.2. The molecule has 696 valence electrons. The highest BCUT2D eigenvalue weighted by molar-refractivity contribution is 7.93. The number of imidazole rings is 2. The quantitative estimate of drug-likeness (QED) is 0.0349. The van der Waals surface area contributed by atoms with Crippen molar-refractivity contribution in [2.45, 2.75) is 87.5 Å². The van der Waals surface area contributed by atoms with Crippen molar-refractivity contribution in [2.75, 3.05) is 47.3 Å². The van der Waals surface area contributed by atoms with E-state index in [0.29, 0.717) is 103 Å². The van der Waals surface area contributed by atoms with E-state index >= 15 is 0 Å². The zero-order valence-electron chi connectivity index (χ0n) is 73.9. The van der Waals surface area contributed by atoms with E-state index in [4.69, 9.17) is 18.9 Å². The number of methoxy groups -OCH3 is 4. The standard InChI is InChI=1S/C23H19F2N5O4S.C23H19F2N5O3S.C23H21FN6O3S.C22H19FN6O3S/c1-23(2,31)9-8-16-13-26-21-7-5-18(28-30(16)21)14-10-19(22(34-3)27-12-14)29-35(32,33)20-6-4-15(24)11-17(20)25;1-14(2)4-6-17-13-26-22-9-7-19(28-30(17)22)15-10-20(23(33-3)27-12-15)29-34(31,32)21-8-5-16(24)11-18(21)25;1-23(2,3)12-11-21-27-26-20-10-9-18(28-30(20)21)15-13-19(22(33-4)25-14-15)29-34(31,32)17-7-5-16(24)6-8-17;1-14(2)4-10-20-25-26-21-11-9-18(27-29(20)21)15-12-19(22(32-3)24-13-15)28-33(30,31)17-7-5-16(23)6-8-17/h4-7,10-13,29,31H,1-3H3;5,7-14,29H,1-3H3;5-10,13-14,29H,1-4H3;5-9,11-14,28H,1-3H3. The number of halogens is 6. The van der Waals surface area contributed by atoms with Gasteiger partial charge in [0.15, 0.2) is 22.6 Å². The van der Waals surface area contributed by atoms with E-state index in [0.717, 1.165) is 48.5 Å². The van der Waals surface area contributed by atoms with Gasteiger partial charge in [0.2, 0.25) is 35.2 Å². The summed E-state index contributed by atoms with van der Waals surface area (Å²) in [5.74, 6) is 19.5. The number of nitrogens with one attached hydrogen (secondary N) is 4. The molecule has 12 aromatic heterocycles. The number of rotatable bonds is 20. The van der Waals surface area contributed by atoms with E-state index in [2.05, 4.69) is 137 Å². The third-order valence-electron chi connectivity index (χ3n) is 18.2. The molecule has 16 aromatic rings. The summed E-state index contributed by atoms with van der Waals surface area (Å²) < 4.78 is 219. The zero-order chi connectivity index (χ0) is 97.9. The smallest absolute Gasteiger partial charge is 0.264 e. The van der Waals surface area contributed by atoms with Crippen LogP contribution in [0.1, 0.15) is 85.4 Å². The molecule has 16 rings (SSSR count). The number of nitrogens with zero attached hydrogens (tertiary/aromatic N) is 18. The highest BCUT2D eigenvalue weighted by Crippen LogP contribution is 2.36. The average Bonchev–Trinajstić information content (AvgIpc) is 1.16. The summed E-state index contributed by atoms with van der Waals surface area (Å²) in [6.45, 7) is 16.9. The van der Waals surface area contributed by atoms with Crippen molar-refractivity contribution >= 4 is 85.4 Å². The van der Waals surface area contributed by atoms with E-state index in [1.54, 1.807) is 85.2 Å². The maximum absolute atomic E-state index is 14.1. The number of pyridine rings is 4. The number of aromatic nitrogens is 18. The van der Waals surface area contributed by atoms with Gasteiger partial charge in [0.05, 0.1) is 73.4 Å². The molecule has 0 aliphatic carbocycles. The average molecular weight is 1930 g/mol. The highest BCUT2D eigenvalue weighted by Gasteiger charge is 2.28. The Bertz CT molecular complexity index is 8060. The van der Waals surface area contributed by atoms with Crippen molar-refractivity contribution in [3.8, 4) is 116 Å². The molecular formula is C91H78F6N22O13S4. The SMILES string of the molecule is COc1ncc(-c2ccc3ncc(C#CC(C)(C)O)n3n2)cc1NS(=O)(=O)c1ccc(F)cc1F.COc1ncc(-c2ccc3ncc(C#CC(C)C)n3n2)cc1NS(=O)(=O)c1ccc(F)cc1F.COc1ncc(-c2ccc3nnc(C#CC(C)(C)C)n3n2)cc1NS(=O)(=O)c1ccc(F)cc1.COc1ncc(-c2ccc3nnc(C#CC(C)C)n3n2)cc1NS(=O)(=O)c1ccc(F)cc1. The topological polar surface area (TPSA) is 440 Å². The van der Waals surface area contributed by atoms with Crippen LogP contribution in [0.15, 0.2) is 214 Å². The molecule has 0 aliphatic heterocycles. The Hall–Kier alpha value is -16.2. The Balaban J connectivity index is 0.000000153. The second-order valence-corrected chi connectivity index (χ2v) is 37.7. The predicted octanol–water partition coefficient (Wildman–Crippen LogP) is 13.6. The van der Waals surface area contributed by atoms with Gasteiger partial charge in [-0.15, -0.1) is 20.4 Å². The number of hydrogen-bond acceptors (Lipinski definition) is 27. The molecule has 0 aliphatic rings. The first-order valence-electron chi connectivity index (χ1n) is 40.1. The van der Waals surface area contributed by atoms with Gasteiger partial charge < -0.3 is 24.1 Å². The molecule has 0 atom stereocenters. The van der Waals surface area contributed by atoms with E-state index in [1.807, 2.05) is 48.5 Å². The Morgan fingerprint density at radius 1 is 0.346 bits per heavy atom. The maximum Gasteiger partial charge on any atom is 0.264 e. The van der Waals surface area contributed by atoms with E-state index < -0.39 is 90.4 Å². The summed E-state index contributed by atoms with van der Waals surface area (Å²) in [5.41, 5.74) is 5.52. The van der Waals surface area contributed by atoms with Gasteiger partial charge in [-0.2, -0.15) is 29.4 Å². The Morgan fingerprint density at radius 3 is 0.993 bits per heavy atom. The van der Waals surface area contributed by atoms with Crippen LogP contribution >= 0.6 is 0 Å². The van der Waals surface area contributed by atoms with E-state index in [1.165, 1.54) is 109 Å². The van der Waals surface area contributed by atoms with Gasteiger partial charge in [0.1, 0.15) is 84.4 Å². The minimum Gasteiger partial charge on any atom is -0.480 e. The lowest BCUT2D eigenvalue weighted by Gasteiger charge is -2.13. The number of ether oxygens (including phenoxy) is 4. The lowest BCUT2D eigenvalue weighted by Crippen LogP contribution is -2.16. The number of anilines is 4. The van der Waals surface area contributed by atoms with Gasteiger partial charge in [-0.05, 0) is 204 Å². The van der Waals surface area contributed by atoms with Crippen LogP contribution in [0.25, 0.3) is 67.6 Å². The second-order valence-electron chi connectivity index (χ2n) is 31.0. The van der Waals surface area contributed by atoms with Gasteiger partial charge in [-0.3, -0.25) is 18.9 Å². The first-order valence-corrected chi connectivity index (χ1v) is 46.1. The lowest BCUT2D eigenvalue weighted by atomic mass is 9.98. The van der Waals surface area contributed by atoms with Crippen LogP contribution in [0.2, 0.25) is 0 Å². The summed E-state index contributed by atoms with van der Waals surface area (Å²) in [4.78, 5) is 23.5. The fraction of sp³-hybridized carbons (Fsp3) is 0.187. The Kier molecular flexibility index (Phi) is 29.0. The van der Waals surface area contributed by atoms with Gasteiger partial charge >= 0.3 is 0 Å². The van der Waals surface area contributed by atoms with Gasteiger partial charge in [0.25, 0.3) is 40.1 Å². The molecule has 0 radical (unpaired) electrons. The summed E-state index contributed by atoms with van der Waals surface area (Å²) in [5, 5.41) is 44.3. The van der Waals surface area contributed by atoms with E-state index in [9.17, 15) is 65.1 Å². The molecular weight excluding hydrogens is 1850 g/mol. The van der Waals surface area contributed by atoms with Gasteiger partial charge in [0, 0.05) is 76.4 Å². The van der Waals surface area contributed by atoms with Crippen LogP contribution in [0, 0.1) is 99.5 Å². The minimum absolute atomic E-state index is 0.0398. The van der Waals surface area contributed by atoms with Crippen LogP contribution in [-0.2, 0) is 40.1 Å². The third kappa shape index (κ3) is 23.8. The van der Waals surface area contributed by atoms with Crippen molar-refractivity contribution in [3.63, 3.8) is 0 Å². The second kappa shape index (κ2) is 40.5. The molecule has 0 unspecified atom stereocenters. The van der Waals surface area contributed by atoms with Crippen molar-refractivity contribution in [2.24, 2.45) is 17.3 Å². The van der Waals surface area contributed by atoms with Crippen LogP contribution in [0.3, 0.4) is 0 Å². The first kappa shape index (κ1) is 97.3.